The van der Waals surface area contributed by atoms with Gasteiger partial charge in [0, 0.05) is 18.2 Å². The molecule has 0 bridgehead atoms. The molecule has 3 rings (SSSR count). The van der Waals surface area contributed by atoms with Crippen molar-refractivity contribution in [3.8, 4) is 0 Å². The third-order valence-electron chi connectivity index (χ3n) is 5.30. The molecule has 0 radical (unpaired) electrons. The lowest BCUT2D eigenvalue weighted by Crippen LogP contribution is -2.49. The number of carboxylic acid groups (broad SMARTS) is 1. The number of likely N-dealkylation sites (tertiary alicyclic amines) is 1. The summed E-state index contributed by atoms with van der Waals surface area (Å²) in [4.78, 5) is 49.5. The Balaban J connectivity index is 1.88. The summed E-state index contributed by atoms with van der Waals surface area (Å²) in [5, 5.41) is 14.1. The minimum atomic E-state index is -1.25. The molecule has 2 heterocycles. The number of hydrogen-bond acceptors (Lipinski definition) is 4. The van der Waals surface area contributed by atoms with Crippen molar-refractivity contribution in [2.24, 2.45) is 5.92 Å². The predicted molar refractivity (Wildman–Crippen MR) is 91.3 cm³/mol. The lowest BCUT2D eigenvalue weighted by Gasteiger charge is -2.37. The molecular weight excluding hydrogens is 338 g/mol. The van der Waals surface area contributed by atoms with Gasteiger partial charge in [0.15, 0.2) is 0 Å². The smallest absolute Gasteiger partial charge is 0.322 e. The minimum Gasteiger partial charge on any atom is -0.481 e. The third kappa shape index (κ3) is 2.91. The van der Waals surface area contributed by atoms with Crippen molar-refractivity contribution in [1.82, 2.24) is 15.5 Å². The monoisotopic (exact) mass is 359 g/mol. The van der Waals surface area contributed by atoms with Gasteiger partial charge in [0.1, 0.15) is 5.54 Å². The average Bonchev–Trinajstić information content (AvgIpc) is 2.87. The number of nitrogens with zero attached hydrogens (tertiary/aromatic N) is 1. The van der Waals surface area contributed by atoms with Gasteiger partial charge in [0.2, 0.25) is 0 Å². The number of carbonyl (C=O) groups is 4. The van der Waals surface area contributed by atoms with Gasteiger partial charge in [-0.15, -0.1) is 0 Å². The van der Waals surface area contributed by atoms with E-state index in [9.17, 15) is 24.3 Å². The molecule has 0 spiro atoms. The van der Waals surface area contributed by atoms with Crippen molar-refractivity contribution >= 4 is 23.8 Å². The largest absolute Gasteiger partial charge is 0.481 e. The highest BCUT2D eigenvalue weighted by Crippen LogP contribution is 2.28. The van der Waals surface area contributed by atoms with E-state index in [1.54, 1.807) is 43.0 Å². The number of urea groups is 1. The molecule has 4 amide bonds. The second kappa shape index (κ2) is 6.44. The summed E-state index contributed by atoms with van der Waals surface area (Å²) in [6.45, 7) is 3.80. The van der Waals surface area contributed by atoms with Crippen LogP contribution in [-0.4, -0.2) is 46.4 Å². The summed E-state index contributed by atoms with van der Waals surface area (Å²) in [6.07, 6.45) is 1.17. The highest BCUT2D eigenvalue weighted by molar-refractivity contribution is 6.07. The number of carbonyl (C=O) groups excluding carboxylic acids is 3. The van der Waals surface area contributed by atoms with Crippen LogP contribution in [0.4, 0.5) is 4.79 Å². The zero-order valence-corrected chi connectivity index (χ0v) is 14.6. The number of piperidine rings is 1. The van der Waals surface area contributed by atoms with E-state index in [0.29, 0.717) is 30.5 Å². The van der Waals surface area contributed by atoms with Crippen molar-refractivity contribution in [2.45, 2.75) is 38.3 Å². The molecule has 3 atom stereocenters. The summed E-state index contributed by atoms with van der Waals surface area (Å²) < 4.78 is 0. The lowest BCUT2D eigenvalue weighted by molar-refractivity contribution is -0.145. The van der Waals surface area contributed by atoms with Crippen LogP contribution in [-0.2, 0) is 15.1 Å². The summed E-state index contributed by atoms with van der Waals surface area (Å²) in [6, 6.07) is 5.52. The van der Waals surface area contributed by atoms with Gasteiger partial charge in [-0.3, -0.25) is 19.7 Å². The number of carboxylic acids is 1. The van der Waals surface area contributed by atoms with E-state index in [-0.39, 0.29) is 5.91 Å². The van der Waals surface area contributed by atoms with Gasteiger partial charge in [0.25, 0.3) is 11.8 Å². The molecule has 138 valence electrons. The van der Waals surface area contributed by atoms with Gasteiger partial charge in [0.05, 0.1) is 5.92 Å². The Morgan fingerprint density at radius 1 is 1.31 bits per heavy atom. The Labute approximate surface area is 150 Å². The Kier molecular flexibility index (Phi) is 4.43. The van der Waals surface area contributed by atoms with Crippen molar-refractivity contribution < 1.29 is 24.3 Å². The molecule has 8 heteroatoms. The molecule has 0 aliphatic carbocycles. The van der Waals surface area contributed by atoms with Crippen LogP contribution in [0.3, 0.4) is 0 Å². The summed E-state index contributed by atoms with van der Waals surface area (Å²) in [5.41, 5.74) is -0.397. The number of nitrogens with one attached hydrogen (secondary N) is 2. The Morgan fingerprint density at radius 2 is 2.04 bits per heavy atom. The molecule has 0 saturated carbocycles. The van der Waals surface area contributed by atoms with Gasteiger partial charge >= 0.3 is 12.0 Å². The Morgan fingerprint density at radius 3 is 2.65 bits per heavy atom. The average molecular weight is 359 g/mol. The number of hydrogen-bond donors (Lipinski definition) is 3. The molecule has 0 aromatic heterocycles. The number of aliphatic carboxylic acids is 1. The van der Waals surface area contributed by atoms with E-state index < -0.39 is 35.4 Å². The fourth-order valence-corrected chi connectivity index (χ4v) is 3.64. The van der Waals surface area contributed by atoms with E-state index in [1.165, 1.54) is 0 Å². The normalized spacial score (nSPS) is 28.5. The predicted octanol–water partition coefficient (Wildman–Crippen LogP) is 1.07. The quantitative estimate of drug-likeness (QED) is 0.698. The molecule has 1 aromatic rings. The molecule has 2 fully saturated rings. The maximum atomic E-state index is 12.9. The number of rotatable bonds is 3. The fraction of sp³-hybridized carbons (Fsp3) is 0.444. The second-order valence-corrected chi connectivity index (χ2v) is 6.94. The number of amides is 4. The van der Waals surface area contributed by atoms with Crippen molar-refractivity contribution in [3.05, 3.63) is 35.4 Å². The van der Waals surface area contributed by atoms with Gasteiger partial charge in [-0.05, 0) is 44.4 Å². The standard InChI is InChI=1S/C18H21N3O5/c1-10-13(15(23)24)7-4-8-21(10)14(22)11-5-3-6-12(9-11)18(2)16(25)19-17(26)20-18/h3,5-6,9-10,13H,4,7-8H2,1-2H3,(H,23,24)(H2,19,20,25,26)/t10-,13-,18?/m1/s1. The lowest BCUT2D eigenvalue weighted by atomic mass is 9.88. The van der Waals surface area contributed by atoms with Crippen LogP contribution in [0.15, 0.2) is 24.3 Å². The number of benzene rings is 1. The molecule has 1 unspecified atom stereocenters. The zero-order valence-electron chi connectivity index (χ0n) is 14.6. The van der Waals surface area contributed by atoms with Crippen LogP contribution >= 0.6 is 0 Å². The van der Waals surface area contributed by atoms with E-state index in [2.05, 4.69) is 10.6 Å². The highest BCUT2D eigenvalue weighted by Gasteiger charge is 2.44. The summed E-state index contributed by atoms with van der Waals surface area (Å²) in [7, 11) is 0. The number of imide groups is 1. The molecule has 2 aliphatic heterocycles. The van der Waals surface area contributed by atoms with Gasteiger partial charge in [-0.1, -0.05) is 12.1 Å². The molecule has 8 nitrogen and oxygen atoms in total. The van der Waals surface area contributed by atoms with Crippen LogP contribution in [0.25, 0.3) is 0 Å². The molecule has 2 saturated heterocycles. The topological polar surface area (TPSA) is 116 Å². The Bertz CT molecular complexity index is 793. The SMILES string of the molecule is C[C@@H]1[C@H](C(=O)O)CCCN1C(=O)c1cccc(C2(C)NC(=O)NC2=O)c1. The first kappa shape index (κ1) is 17.9. The molecule has 2 aliphatic rings. The maximum absolute atomic E-state index is 12.9. The molecular formula is C18H21N3O5. The van der Waals surface area contributed by atoms with Crippen LogP contribution < -0.4 is 10.6 Å². The van der Waals surface area contributed by atoms with Gasteiger partial charge in [-0.25, -0.2) is 4.79 Å². The second-order valence-electron chi connectivity index (χ2n) is 6.94. The van der Waals surface area contributed by atoms with Crippen molar-refractivity contribution in [2.75, 3.05) is 6.54 Å². The molecule has 3 N–H and O–H groups in total. The van der Waals surface area contributed by atoms with E-state index in [0.717, 1.165) is 0 Å². The first-order valence-corrected chi connectivity index (χ1v) is 8.52. The molecule has 1 aromatic carbocycles. The fourth-order valence-electron chi connectivity index (χ4n) is 3.64. The summed E-state index contributed by atoms with van der Waals surface area (Å²) in [5.74, 6) is -2.25. The Hall–Kier alpha value is -2.90. The van der Waals surface area contributed by atoms with Crippen molar-refractivity contribution in [1.29, 1.82) is 0 Å². The van der Waals surface area contributed by atoms with Crippen LogP contribution in [0.5, 0.6) is 0 Å². The zero-order chi connectivity index (χ0) is 19.1. The minimum absolute atomic E-state index is 0.279. The van der Waals surface area contributed by atoms with E-state index >= 15 is 0 Å². The first-order valence-electron chi connectivity index (χ1n) is 8.52. The first-order chi connectivity index (χ1) is 12.2. The summed E-state index contributed by atoms with van der Waals surface area (Å²) >= 11 is 0. The highest BCUT2D eigenvalue weighted by atomic mass is 16.4. The van der Waals surface area contributed by atoms with Gasteiger partial charge < -0.3 is 15.3 Å². The maximum Gasteiger partial charge on any atom is 0.322 e. The van der Waals surface area contributed by atoms with E-state index in [1.807, 2.05) is 0 Å². The molecule has 26 heavy (non-hydrogen) atoms. The van der Waals surface area contributed by atoms with Crippen LogP contribution in [0.1, 0.15) is 42.6 Å². The van der Waals surface area contributed by atoms with Gasteiger partial charge in [-0.2, -0.15) is 0 Å². The third-order valence-corrected chi connectivity index (χ3v) is 5.30. The van der Waals surface area contributed by atoms with Crippen molar-refractivity contribution in [3.63, 3.8) is 0 Å². The van der Waals surface area contributed by atoms with E-state index in [4.69, 9.17) is 0 Å². The van der Waals surface area contributed by atoms with Crippen LogP contribution in [0.2, 0.25) is 0 Å². The van der Waals surface area contributed by atoms with Crippen LogP contribution in [0, 0.1) is 5.92 Å².